The predicted molar refractivity (Wildman–Crippen MR) is 61.0 cm³/mol. The van der Waals surface area contributed by atoms with E-state index in [2.05, 4.69) is 44.1 Å². The average Bonchev–Trinajstić information content (AvgIpc) is 2.19. The molecule has 0 aliphatic carbocycles. The molecule has 0 radical (unpaired) electrons. The summed E-state index contributed by atoms with van der Waals surface area (Å²) in [6.45, 7) is 9.33. The molecule has 0 aromatic carbocycles. The van der Waals surface area contributed by atoms with Gasteiger partial charge in [-0.05, 0) is 26.7 Å². The lowest BCUT2D eigenvalue weighted by atomic mass is 10.2. The Balaban J connectivity index is 3.96. The summed E-state index contributed by atoms with van der Waals surface area (Å²) in [5.74, 6) is 0. The summed E-state index contributed by atoms with van der Waals surface area (Å²) in [5.41, 5.74) is 0. The molecule has 0 rings (SSSR count). The standard InChI is InChI=1S/C11H23N3/c1-5-8-10-14(7-3)13-12-11(4)9-6-2/h8,10-11H,5-7,9H2,1-4H3/b10-8+,13-12-. The van der Waals surface area contributed by atoms with E-state index < -0.39 is 0 Å². The third kappa shape index (κ3) is 6.63. The van der Waals surface area contributed by atoms with Crippen molar-refractivity contribution in [2.24, 2.45) is 10.3 Å². The van der Waals surface area contributed by atoms with E-state index >= 15 is 0 Å². The molecule has 0 aromatic rings. The van der Waals surface area contributed by atoms with E-state index in [4.69, 9.17) is 0 Å². The Labute approximate surface area is 87.9 Å². The molecule has 0 N–H and O–H groups in total. The quantitative estimate of drug-likeness (QED) is 0.451. The van der Waals surface area contributed by atoms with Crippen LogP contribution >= 0.6 is 0 Å². The summed E-state index contributed by atoms with van der Waals surface area (Å²) >= 11 is 0. The van der Waals surface area contributed by atoms with Gasteiger partial charge in [-0.2, -0.15) is 5.11 Å². The van der Waals surface area contributed by atoms with Crippen LogP contribution in [0.5, 0.6) is 0 Å². The highest BCUT2D eigenvalue weighted by molar-refractivity contribution is 4.78. The third-order valence-corrected chi connectivity index (χ3v) is 1.91. The predicted octanol–water partition coefficient (Wildman–Crippen LogP) is 3.79. The van der Waals surface area contributed by atoms with E-state index in [1.54, 1.807) is 0 Å². The Hall–Kier alpha value is -0.860. The van der Waals surface area contributed by atoms with Crippen LogP contribution in [-0.2, 0) is 0 Å². The summed E-state index contributed by atoms with van der Waals surface area (Å²) in [6, 6.07) is 0.337. The highest BCUT2D eigenvalue weighted by atomic mass is 15.5. The Morgan fingerprint density at radius 3 is 2.50 bits per heavy atom. The fraction of sp³-hybridized carbons (Fsp3) is 0.818. The molecule has 3 nitrogen and oxygen atoms in total. The molecule has 1 unspecified atom stereocenters. The molecular formula is C11H23N3. The van der Waals surface area contributed by atoms with E-state index in [0.29, 0.717) is 6.04 Å². The molecule has 0 aliphatic heterocycles. The smallest absolute Gasteiger partial charge is 0.0701 e. The van der Waals surface area contributed by atoms with Gasteiger partial charge < -0.3 is 0 Å². The van der Waals surface area contributed by atoms with Gasteiger partial charge in [-0.1, -0.05) is 31.6 Å². The lowest BCUT2D eigenvalue weighted by Gasteiger charge is -2.10. The van der Waals surface area contributed by atoms with Crippen LogP contribution in [0.2, 0.25) is 0 Å². The number of hydrogen-bond acceptors (Lipinski definition) is 2. The van der Waals surface area contributed by atoms with Crippen molar-refractivity contribution in [3.63, 3.8) is 0 Å². The van der Waals surface area contributed by atoms with Crippen molar-refractivity contribution >= 4 is 0 Å². The van der Waals surface area contributed by atoms with E-state index in [0.717, 1.165) is 25.8 Å². The van der Waals surface area contributed by atoms with Crippen molar-refractivity contribution < 1.29 is 0 Å². The van der Waals surface area contributed by atoms with Crippen LogP contribution in [0.3, 0.4) is 0 Å². The number of nitrogens with zero attached hydrogens (tertiary/aromatic N) is 3. The van der Waals surface area contributed by atoms with Crippen LogP contribution in [0.15, 0.2) is 22.6 Å². The molecule has 1 atom stereocenters. The minimum atomic E-state index is 0.337. The zero-order valence-electron chi connectivity index (χ0n) is 9.90. The minimum Gasteiger partial charge on any atom is -0.255 e. The summed E-state index contributed by atoms with van der Waals surface area (Å²) in [6.07, 6.45) is 7.39. The largest absolute Gasteiger partial charge is 0.255 e. The lowest BCUT2D eigenvalue weighted by molar-refractivity contribution is 0.373. The van der Waals surface area contributed by atoms with Gasteiger partial charge in [0.2, 0.25) is 0 Å². The first-order valence-corrected chi connectivity index (χ1v) is 5.58. The maximum atomic E-state index is 4.24. The monoisotopic (exact) mass is 197 g/mol. The zero-order valence-corrected chi connectivity index (χ0v) is 9.90. The van der Waals surface area contributed by atoms with Gasteiger partial charge in [-0.3, -0.25) is 5.01 Å². The SMILES string of the molecule is CC/C=C/N(CC)/N=N\C(C)CCC. The van der Waals surface area contributed by atoms with Crippen LogP contribution in [0.1, 0.15) is 47.0 Å². The van der Waals surface area contributed by atoms with Gasteiger partial charge in [0, 0.05) is 12.7 Å². The van der Waals surface area contributed by atoms with Crippen LogP contribution < -0.4 is 0 Å². The second kappa shape index (κ2) is 8.73. The Kier molecular flexibility index (Phi) is 8.19. The molecule has 0 aliphatic rings. The molecule has 3 heteroatoms. The molecule has 82 valence electrons. The molecule has 0 spiro atoms. The Morgan fingerprint density at radius 1 is 1.29 bits per heavy atom. The van der Waals surface area contributed by atoms with E-state index in [1.165, 1.54) is 0 Å². The molecule has 14 heavy (non-hydrogen) atoms. The van der Waals surface area contributed by atoms with Crippen LogP contribution in [-0.4, -0.2) is 17.6 Å². The third-order valence-electron chi connectivity index (χ3n) is 1.91. The first kappa shape index (κ1) is 13.1. The molecule has 0 aromatic heterocycles. The highest BCUT2D eigenvalue weighted by Crippen LogP contribution is 2.02. The van der Waals surface area contributed by atoms with Crippen molar-refractivity contribution in [1.82, 2.24) is 5.01 Å². The van der Waals surface area contributed by atoms with Gasteiger partial charge in [0.25, 0.3) is 0 Å². The Bertz CT molecular complexity index is 175. The summed E-state index contributed by atoms with van der Waals surface area (Å²) in [5, 5.41) is 10.3. The minimum absolute atomic E-state index is 0.337. The van der Waals surface area contributed by atoms with Crippen molar-refractivity contribution in [2.45, 2.75) is 53.0 Å². The lowest BCUT2D eigenvalue weighted by Crippen LogP contribution is -2.08. The van der Waals surface area contributed by atoms with Crippen molar-refractivity contribution in [3.8, 4) is 0 Å². The van der Waals surface area contributed by atoms with Gasteiger partial charge in [0.15, 0.2) is 0 Å². The number of allylic oxidation sites excluding steroid dienone is 1. The maximum absolute atomic E-state index is 4.24. The topological polar surface area (TPSA) is 28.0 Å². The molecular weight excluding hydrogens is 174 g/mol. The van der Waals surface area contributed by atoms with Crippen molar-refractivity contribution in [1.29, 1.82) is 0 Å². The summed E-state index contributed by atoms with van der Waals surface area (Å²) in [4.78, 5) is 0. The maximum Gasteiger partial charge on any atom is 0.0701 e. The zero-order chi connectivity index (χ0) is 10.8. The van der Waals surface area contributed by atoms with Crippen LogP contribution in [0, 0.1) is 0 Å². The molecule has 0 saturated heterocycles. The van der Waals surface area contributed by atoms with Gasteiger partial charge in [-0.15, -0.1) is 0 Å². The van der Waals surface area contributed by atoms with E-state index in [9.17, 15) is 0 Å². The highest BCUT2D eigenvalue weighted by Gasteiger charge is 1.97. The number of hydrogen-bond donors (Lipinski definition) is 0. The van der Waals surface area contributed by atoms with E-state index in [-0.39, 0.29) is 0 Å². The molecule has 0 heterocycles. The number of rotatable bonds is 7. The van der Waals surface area contributed by atoms with Gasteiger partial charge in [0.05, 0.1) is 6.04 Å². The van der Waals surface area contributed by atoms with Crippen LogP contribution in [0.25, 0.3) is 0 Å². The molecule has 0 saturated carbocycles. The second-order valence-corrected chi connectivity index (χ2v) is 3.39. The first-order valence-electron chi connectivity index (χ1n) is 5.58. The van der Waals surface area contributed by atoms with E-state index in [1.807, 2.05) is 11.2 Å². The summed E-state index contributed by atoms with van der Waals surface area (Å²) < 4.78 is 0. The normalized spacial score (nSPS) is 14.0. The van der Waals surface area contributed by atoms with Crippen molar-refractivity contribution in [3.05, 3.63) is 12.3 Å². The van der Waals surface area contributed by atoms with Gasteiger partial charge in [0.1, 0.15) is 0 Å². The fourth-order valence-corrected chi connectivity index (χ4v) is 1.06. The molecule has 0 bridgehead atoms. The van der Waals surface area contributed by atoms with Crippen LogP contribution in [0.4, 0.5) is 0 Å². The second-order valence-electron chi connectivity index (χ2n) is 3.39. The van der Waals surface area contributed by atoms with Gasteiger partial charge >= 0.3 is 0 Å². The molecule has 0 amide bonds. The average molecular weight is 197 g/mol. The Morgan fingerprint density at radius 2 is 2.00 bits per heavy atom. The first-order chi connectivity index (χ1) is 6.74. The fourth-order valence-electron chi connectivity index (χ4n) is 1.06. The van der Waals surface area contributed by atoms with Crippen molar-refractivity contribution in [2.75, 3.05) is 6.54 Å². The summed E-state index contributed by atoms with van der Waals surface area (Å²) in [7, 11) is 0. The molecule has 0 fully saturated rings. The van der Waals surface area contributed by atoms with Gasteiger partial charge in [-0.25, -0.2) is 0 Å².